The Bertz CT molecular complexity index is 484. The Hall–Kier alpha value is -1.72. The molecule has 0 saturated carbocycles. The van der Waals surface area contributed by atoms with Crippen LogP contribution < -0.4 is 9.64 Å². The number of alkyl halides is 3. The Labute approximate surface area is 115 Å². The Kier molecular flexibility index (Phi) is 3.92. The van der Waals surface area contributed by atoms with E-state index in [1.165, 1.54) is 12.1 Å². The van der Waals surface area contributed by atoms with E-state index < -0.39 is 6.36 Å². The molecule has 0 amide bonds. The van der Waals surface area contributed by atoms with Gasteiger partial charge in [-0.15, -0.1) is 13.2 Å². The smallest absolute Gasteiger partial charge is 0.406 e. The van der Waals surface area contributed by atoms with Gasteiger partial charge in [0.1, 0.15) is 11.5 Å². The maximum absolute atomic E-state index is 12.1. The quantitative estimate of drug-likeness (QED) is 0.835. The topological polar surface area (TPSA) is 29.5 Å². The molecule has 1 saturated heterocycles. The molecule has 1 aromatic carbocycles. The Balaban J connectivity index is 2.12. The largest absolute Gasteiger partial charge is 0.573 e. The van der Waals surface area contributed by atoms with E-state index in [9.17, 15) is 18.0 Å². The maximum Gasteiger partial charge on any atom is 0.573 e. The van der Waals surface area contributed by atoms with Crippen molar-refractivity contribution in [1.29, 1.82) is 0 Å². The maximum atomic E-state index is 12.1. The van der Waals surface area contributed by atoms with Crippen LogP contribution in [-0.2, 0) is 4.79 Å². The van der Waals surface area contributed by atoms with Gasteiger partial charge in [0, 0.05) is 30.6 Å². The highest BCUT2D eigenvalue weighted by Crippen LogP contribution is 2.29. The summed E-state index contributed by atoms with van der Waals surface area (Å²) < 4.78 is 40.1. The van der Waals surface area contributed by atoms with Crippen molar-refractivity contribution in [3.05, 3.63) is 24.3 Å². The van der Waals surface area contributed by atoms with Gasteiger partial charge >= 0.3 is 6.36 Å². The summed E-state index contributed by atoms with van der Waals surface area (Å²) in [5.74, 6) is -0.0873. The lowest BCUT2D eigenvalue weighted by atomic mass is 9.90. The van der Waals surface area contributed by atoms with Gasteiger partial charge in [-0.05, 0) is 31.2 Å². The van der Waals surface area contributed by atoms with Gasteiger partial charge < -0.3 is 9.64 Å². The molecule has 1 aromatic rings. The van der Waals surface area contributed by atoms with Gasteiger partial charge in [-0.1, -0.05) is 6.92 Å². The summed E-state index contributed by atoms with van der Waals surface area (Å²) in [6, 6.07) is 5.78. The summed E-state index contributed by atoms with van der Waals surface area (Å²) in [6.45, 7) is 4.41. The van der Waals surface area contributed by atoms with Crippen LogP contribution in [0.5, 0.6) is 5.75 Å². The van der Waals surface area contributed by atoms with Gasteiger partial charge in [0.15, 0.2) is 0 Å². The molecule has 2 unspecified atom stereocenters. The zero-order chi connectivity index (χ0) is 14.9. The molecule has 2 atom stereocenters. The normalized spacial score (nSPS) is 23.9. The Morgan fingerprint density at radius 2 is 1.80 bits per heavy atom. The number of rotatable bonds is 2. The minimum atomic E-state index is -4.68. The summed E-state index contributed by atoms with van der Waals surface area (Å²) in [6.07, 6.45) is -4.22. The molecule has 1 fully saturated rings. The summed E-state index contributed by atoms with van der Waals surface area (Å²) in [7, 11) is 0. The minimum Gasteiger partial charge on any atom is -0.406 e. The predicted octanol–water partition coefficient (Wildman–Crippen LogP) is 3.39. The van der Waals surface area contributed by atoms with Crippen LogP contribution in [0.1, 0.15) is 20.3 Å². The van der Waals surface area contributed by atoms with E-state index in [4.69, 9.17) is 0 Å². The molecule has 0 bridgehead atoms. The number of piperidine rings is 1. The Morgan fingerprint density at radius 3 is 2.35 bits per heavy atom. The number of carbonyl (C=O) groups is 1. The lowest BCUT2D eigenvalue weighted by Crippen LogP contribution is -2.46. The van der Waals surface area contributed by atoms with Crippen molar-refractivity contribution in [3.8, 4) is 5.75 Å². The summed E-state index contributed by atoms with van der Waals surface area (Å²) >= 11 is 0. The highest BCUT2D eigenvalue weighted by Gasteiger charge is 2.32. The van der Waals surface area contributed by atoms with Crippen LogP contribution in [-0.4, -0.2) is 24.7 Å². The van der Waals surface area contributed by atoms with Gasteiger partial charge in [-0.2, -0.15) is 0 Å². The van der Waals surface area contributed by atoms with E-state index >= 15 is 0 Å². The van der Waals surface area contributed by atoms with E-state index in [1.54, 1.807) is 12.1 Å². The van der Waals surface area contributed by atoms with Crippen molar-refractivity contribution in [2.24, 2.45) is 5.92 Å². The van der Waals surface area contributed by atoms with Crippen LogP contribution in [0.4, 0.5) is 18.9 Å². The second kappa shape index (κ2) is 5.34. The number of ether oxygens (including phenoxy) is 1. The standard InChI is InChI=1S/C14H16F3NO2/c1-9-10(2)18(8-7-13(9)19)11-3-5-12(6-4-11)20-14(15,16)17/h3-6,9-10H,7-8H2,1-2H3. The lowest BCUT2D eigenvalue weighted by molar-refractivity contribution is -0.274. The molecular weight excluding hydrogens is 271 g/mol. The summed E-state index contributed by atoms with van der Waals surface area (Å²) in [5.41, 5.74) is 0.798. The van der Waals surface area contributed by atoms with Crippen LogP contribution in [0, 0.1) is 5.92 Å². The molecule has 0 N–H and O–H groups in total. The van der Waals surface area contributed by atoms with Crippen LogP contribution in [0.3, 0.4) is 0 Å². The lowest BCUT2D eigenvalue weighted by Gasteiger charge is -2.38. The van der Waals surface area contributed by atoms with E-state index in [2.05, 4.69) is 4.74 Å². The van der Waals surface area contributed by atoms with E-state index in [0.717, 1.165) is 5.69 Å². The number of halogens is 3. The molecule has 0 spiro atoms. The molecule has 0 aromatic heterocycles. The molecule has 20 heavy (non-hydrogen) atoms. The van der Waals surface area contributed by atoms with Gasteiger partial charge in [-0.25, -0.2) is 0 Å². The van der Waals surface area contributed by atoms with Crippen LogP contribution in [0.15, 0.2) is 24.3 Å². The number of ketones is 1. The zero-order valence-electron chi connectivity index (χ0n) is 11.3. The first kappa shape index (κ1) is 14.7. The SMILES string of the molecule is CC1C(=O)CCN(c2ccc(OC(F)(F)F)cc2)C1C. The Morgan fingerprint density at radius 1 is 1.20 bits per heavy atom. The average molecular weight is 287 g/mol. The second-order valence-corrected chi connectivity index (χ2v) is 4.98. The third-order valence-corrected chi connectivity index (χ3v) is 3.72. The third-order valence-electron chi connectivity index (χ3n) is 3.72. The predicted molar refractivity (Wildman–Crippen MR) is 68.7 cm³/mol. The number of carbonyl (C=O) groups excluding carboxylic acids is 1. The molecule has 6 heteroatoms. The molecule has 1 heterocycles. The van der Waals surface area contributed by atoms with Crippen molar-refractivity contribution >= 4 is 11.5 Å². The first-order valence-corrected chi connectivity index (χ1v) is 6.43. The van der Waals surface area contributed by atoms with Crippen LogP contribution >= 0.6 is 0 Å². The van der Waals surface area contributed by atoms with Crippen molar-refractivity contribution in [3.63, 3.8) is 0 Å². The molecule has 1 aliphatic heterocycles. The average Bonchev–Trinajstić information content (AvgIpc) is 2.36. The van der Waals surface area contributed by atoms with Crippen molar-refractivity contribution in [1.82, 2.24) is 0 Å². The van der Waals surface area contributed by atoms with Crippen molar-refractivity contribution in [2.45, 2.75) is 32.7 Å². The third kappa shape index (κ3) is 3.23. The van der Waals surface area contributed by atoms with Crippen LogP contribution in [0.25, 0.3) is 0 Å². The molecule has 3 nitrogen and oxygen atoms in total. The molecule has 0 radical (unpaired) electrons. The van der Waals surface area contributed by atoms with Gasteiger partial charge in [0.2, 0.25) is 0 Å². The fourth-order valence-corrected chi connectivity index (χ4v) is 2.40. The van der Waals surface area contributed by atoms with E-state index in [-0.39, 0.29) is 23.5 Å². The van der Waals surface area contributed by atoms with E-state index in [1.807, 2.05) is 18.7 Å². The number of Topliss-reactive ketones (excluding diaryl/α,β-unsaturated/α-hetero) is 1. The van der Waals surface area contributed by atoms with Crippen molar-refractivity contribution in [2.75, 3.05) is 11.4 Å². The van der Waals surface area contributed by atoms with Crippen LogP contribution in [0.2, 0.25) is 0 Å². The monoisotopic (exact) mass is 287 g/mol. The number of anilines is 1. The number of hydrogen-bond acceptors (Lipinski definition) is 3. The fraction of sp³-hybridized carbons (Fsp3) is 0.500. The van der Waals surface area contributed by atoms with Crippen molar-refractivity contribution < 1.29 is 22.7 Å². The van der Waals surface area contributed by atoms with Gasteiger partial charge in [0.05, 0.1) is 0 Å². The minimum absolute atomic E-state index is 0.0330. The number of hydrogen-bond donors (Lipinski definition) is 0. The zero-order valence-corrected chi connectivity index (χ0v) is 11.3. The van der Waals surface area contributed by atoms with Gasteiger partial charge in [0.25, 0.3) is 0 Å². The van der Waals surface area contributed by atoms with E-state index in [0.29, 0.717) is 13.0 Å². The number of benzene rings is 1. The highest BCUT2D eigenvalue weighted by molar-refractivity contribution is 5.84. The fourth-order valence-electron chi connectivity index (χ4n) is 2.40. The van der Waals surface area contributed by atoms with Gasteiger partial charge in [-0.3, -0.25) is 4.79 Å². The summed E-state index contributed by atoms with van der Waals surface area (Å²) in [4.78, 5) is 13.7. The first-order valence-electron chi connectivity index (χ1n) is 6.43. The molecular formula is C14H16F3NO2. The molecule has 2 rings (SSSR count). The second-order valence-electron chi connectivity index (χ2n) is 4.98. The molecule has 1 aliphatic rings. The number of nitrogens with zero attached hydrogens (tertiary/aromatic N) is 1. The molecule has 110 valence electrons. The molecule has 0 aliphatic carbocycles. The first-order chi connectivity index (χ1) is 9.28. The summed E-state index contributed by atoms with van der Waals surface area (Å²) in [5, 5.41) is 0. The highest BCUT2D eigenvalue weighted by atomic mass is 19.4.